The van der Waals surface area contributed by atoms with E-state index in [2.05, 4.69) is 13.8 Å². The summed E-state index contributed by atoms with van der Waals surface area (Å²) in [6.45, 7) is 20.1. The number of hydrogen-bond donors (Lipinski definition) is 0. The second kappa shape index (κ2) is 23.4. The SMILES string of the molecule is CCC.CCCCC(CC(=O)[C@@H]1CCCN1C(=O)[C@@H](CC(=O)CC(C)CC)C(C)(C)C)C(=O)C(=O)CCC(=O)C[C@H](C(=O)C(C)C)c1ccccc1. The fraction of sp³-hybridized carbons (Fsp3) is 0.705. The molecule has 0 N–H and O–H groups in total. The molecule has 1 heterocycles. The lowest BCUT2D eigenvalue weighted by molar-refractivity contribution is -0.146. The summed E-state index contributed by atoms with van der Waals surface area (Å²) in [5.74, 6) is -4.04. The van der Waals surface area contributed by atoms with E-state index in [1.165, 1.54) is 6.42 Å². The third-order valence-corrected chi connectivity index (χ3v) is 10.1. The van der Waals surface area contributed by atoms with E-state index in [1.54, 1.807) is 18.7 Å². The molecule has 1 amide bonds. The van der Waals surface area contributed by atoms with Crippen LogP contribution in [0.4, 0.5) is 0 Å². The molecule has 2 unspecified atom stereocenters. The maximum Gasteiger partial charge on any atom is 0.227 e. The van der Waals surface area contributed by atoms with E-state index in [4.69, 9.17) is 0 Å². The second-order valence-electron chi connectivity index (χ2n) is 16.3. The molecular formula is C44H69NO7. The molecule has 1 saturated heterocycles. The molecule has 52 heavy (non-hydrogen) atoms. The Kier molecular flexibility index (Phi) is 21.0. The van der Waals surface area contributed by atoms with Gasteiger partial charge in [0.2, 0.25) is 11.7 Å². The van der Waals surface area contributed by atoms with Gasteiger partial charge in [0.15, 0.2) is 11.6 Å². The number of carbonyl (C=O) groups excluding carboxylic acids is 7. The Labute approximate surface area is 314 Å². The number of ketones is 6. The highest BCUT2D eigenvalue weighted by atomic mass is 16.2. The van der Waals surface area contributed by atoms with Crippen LogP contribution in [0.1, 0.15) is 164 Å². The maximum absolute atomic E-state index is 13.9. The van der Waals surface area contributed by atoms with Gasteiger partial charge in [-0.15, -0.1) is 0 Å². The predicted octanol–water partition coefficient (Wildman–Crippen LogP) is 9.10. The molecular weight excluding hydrogens is 654 g/mol. The van der Waals surface area contributed by atoms with Gasteiger partial charge in [-0.2, -0.15) is 0 Å². The number of rotatable bonds is 22. The zero-order chi connectivity index (χ0) is 39.6. The van der Waals surface area contributed by atoms with Gasteiger partial charge >= 0.3 is 0 Å². The van der Waals surface area contributed by atoms with Crippen molar-refractivity contribution >= 4 is 40.6 Å². The zero-order valence-corrected chi connectivity index (χ0v) is 34.1. The summed E-state index contributed by atoms with van der Waals surface area (Å²) < 4.78 is 0. The second-order valence-corrected chi connectivity index (χ2v) is 16.3. The largest absolute Gasteiger partial charge is 0.332 e. The van der Waals surface area contributed by atoms with Crippen molar-refractivity contribution in [2.45, 2.75) is 165 Å². The highest BCUT2D eigenvalue weighted by molar-refractivity contribution is 6.38. The molecule has 0 aromatic heterocycles. The molecule has 8 nitrogen and oxygen atoms in total. The van der Waals surface area contributed by atoms with Crippen LogP contribution in [-0.4, -0.2) is 58.1 Å². The first-order chi connectivity index (χ1) is 24.4. The van der Waals surface area contributed by atoms with Crippen LogP contribution in [0, 0.1) is 29.1 Å². The van der Waals surface area contributed by atoms with E-state index >= 15 is 0 Å². The number of benzene rings is 1. The van der Waals surface area contributed by atoms with Gasteiger partial charge in [0.25, 0.3) is 0 Å². The van der Waals surface area contributed by atoms with Gasteiger partial charge in [0.1, 0.15) is 17.3 Å². The quantitative estimate of drug-likeness (QED) is 0.109. The molecule has 1 fully saturated rings. The minimum Gasteiger partial charge on any atom is -0.332 e. The number of unbranched alkanes of at least 4 members (excludes halogenated alkanes) is 1. The zero-order valence-electron chi connectivity index (χ0n) is 34.1. The Bertz CT molecular complexity index is 1330. The fourth-order valence-electron chi connectivity index (χ4n) is 6.73. The minimum atomic E-state index is -0.817. The van der Waals surface area contributed by atoms with Gasteiger partial charge < -0.3 is 4.90 Å². The van der Waals surface area contributed by atoms with Crippen molar-refractivity contribution in [2.24, 2.45) is 29.1 Å². The van der Waals surface area contributed by atoms with Crippen molar-refractivity contribution in [3.63, 3.8) is 0 Å². The van der Waals surface area contributed by atoms with Gasteiger partial charge in [0, 0.05) is 68.7 Å². The first kappa shape index (κ1) is 46.7. The average Bonchev–Trinajstić information content (AvgIpc) is 3.60. The Morgan fingerprint density at radius 3 is 1.96 bits per heavy atom. The normalized spacial score (nSPS) is 16.7. The summed E-state index contributed by atoms with van der Waals surface area (Å²) in [5, 5.41) is 0. The molecule has 0 aliphatic carbocycles. The Hall–Kier alpha value is -3.29. The Morgan fingerprint density at radius 1 is 0.808 bits per heavy atom. The molecule has 0 saturated carbocycles. The van der Waals surface area contributed by atoms with Crippen molar-refractivity contribution in [1.82, 2.24) is 4.90 Å². The number of carbonyl (C=O) groups is 7. The van der Waals surface area contributed by atoms with Crippen LogP contribution >= 0.6 is 0 Å². The topological polar surface area (TPSA) is 123 Å². The molecule has 8 heteroatoms. The van der Waals surface area contributed by atoms with Gasteiger partial charge in [-0.1, -0.05) is 125 Å². The smallest absolute Gasteiger partial charge is 0.227 e. The molecule has 1 aliphatic rings. The number of hydrogen-bond acceptors (Lipinski definition) is 7. The van der Waals surface area contributed by atoms with E-state index in [1.807, 2.05) is 71.9 Å². The fourth-order valence-corrected chi connectivity index (χ4v) is 6.73. The standard InChI is InChI=1S/C41H61NO7.C3H8/c1-9-11-16-30(39(48)36(45)21-20-31(43)25-33(38(47)27(3)4)29-17-13-12-14-18-29)24-37(46)35-19-15-22-42(35)40(49)34(41(6,7)8)26-32(44)23-28(5)10-2;1-3-2/h12-14,17-18,27-28,30,33-35H,9-11,15-16,19-26H2,1-8H3;3H2,1-2H3/t28?,30?,33-,34+,35-;/m0./s1. The summed E-state index contributed by atoms with van der Waals surface area (Å²) in [6.07, 6.45) is 5.03. The van der Waals surface area contributed by atoms with E-state index < -0.39 is 40.8 Å². The monoisotopic (exact) mass is 724 g/mol. The summed E-state index contributed by atoms with van der Waals surface area (Å²) in [4.78, 5) is 94.8. The van der Waals surface area contributed by atoms with Crippen LogP contribution < -0.4 is 0 Å². The van der Waals surface area contributed by atoms with Crippen molar-refractivity contribution in [2.75, 3.05) is 6.54 Å². The summed E-state index contributed by atoms with van der Waals surface area (Å²) >= 11 is 0. The molecule has 0 spiro atoms. The lowest BCUT2D eigenvalue weighted by Crippen LogP contribution is -2.47. The molecule has 292 valence electrons. The van der Waals surface area contributed by atoms with Crippen LogP contribution in [0.5, 0.6) is 0 Å². The van der Waals surface area contributed by atoms with Crippen LogP contribution in [0.25, 0.3) is 0 Å². The maximum atomic E-state index is 13.9. The van der Waals surface area contributed by atoms with Gasteiger partial charge in [-0.05, 0) is 36.2 Å². The Balaban J connectivity index is 0.00000434. The van der Waals surface area contributed by atoms with Gasteiger partial charge in [0.05, 0.1) is 6.04 Å². The van der Waals surface area contributed by atoms with Crippen LogP contribution in [0.2, 0.25) is 0 Å². The number of nitrogens with zero attached hydrogens (tertiary/aromatic N) is 1. The number of Topliss-reactive ketones (excluding diaryl/α,β-unsaturated/α-hetero) is 6. The van der Waals surface area contributed by atoms with Crippen LogP contribution in [0.3, 0.4) is 0 Å². The molecule has 1 aromatic rings. The van der Waals surface area contributed by atoms with E-state index in [-0.39, 0.29) is 73.0 Å². The number of amides is 1. The summed E-state index contributed by atoms with van der Waals surface area (Å²) in [5.41, 5.74) is 0.270. The predicted molar refractivity (Wildman–Crippen MR) is 208 cm³/mol. The van der Waals surface area contributed by atoms with Gasteiger partial charge in [-0.25, -0.2) is 0 Å². The highest BCUT2D eigenvalue weighted by Gasteiger charge is 2.42. The number of likely N-dealkylation sites (tertiary alicyclic amines) is 1. The van der Waals surface area contributed by atoms with Crippen LogP contribution in [-0.2, 0) is 33.6 Å². The molecule has 0 radical (unpaired) electrons. The van der Waals surface area contributed by atoms with E-state index in [0.29, 0.717) is 38.6 Å². The first-order valence-electron chi connectivity index (χ1n) is 19.9. The summed E-state index contributed by atoms with van der Waals surface area (Å²) in [6, 6.07) is 8.43. The van der Waals surface area contributed by atoms with E-state index in [9.17, 15) is 33.6 Å². The molecule has 1 aromatic carbocycles. The van der Waals surface area contributed by atoms with E-state index in [0.717, 1.165) is 18.4 Å². The van der Waals surface area contributed by atoms with Gasteiger partial charge in [-0.3, -0.25) is 33.6 Å². The lowest BCUT2D eigenvalue weighted by Gasteiger charge is -2.35. The minimum absolute atomic E-state index is 0.0371. The molecule has 1 aliphatic heterocycles. The average molecular weight is 724 g/mol. The molecule has 2 rings (SSSR count). The Morgan fingerprint density at radius 2 is 1.42 bits per heavy atom. The molecule has 0 bridgehead atoms. The summed E-state index contributed by atoms with van der Waals surface area (Å²) in [7, 11) is 0. The van der Waals surface area contributed by atoms with Crippen molar-refractivity contribution in [1.29, 1.82) is 0 Å². The molecule has 5 atom stereocenters. The first-order valence-corrected chi connectivity index (χ1v) is 19.9. The lowest BCUT2D eigenvalue weighted by atomic mass is 9.76. The van der Waals surface area contributed by atoms with Crippen molar-refractivity contribution < 1.29 is 33.6 Å². The highest BCUT2D eigenvalue weighted by Crippen LogP contribution is 2.35. The third-order valence-electron chi connectivity index (χ3n) is 10.1. The van der Waals surface area contributed by atoms with Crippen molar-refractivity contribution in [3.05, 3.63) is 35.9 Å². The third kappa shape index (κ3) is 15.4. The van der Waals surface area contributed by atoms with Crippen LogP contribution in [0.15, 0.2) is 30.3 Å². The van der Waals surface area contributed by atoms with Crippen molar-refractivity contribution in [3.8, 4) is 0 Å².